The van der Waals surface area contributed by atoms with Crippen LogP contribution < -0.4 is 15.2 Å². The SMILES string of the molecule is COc1ccc([C@H](N)CO)c2c(OC)cccc12. The third kappa shape index (κ3) is 2.00. The highest BCUT2D eigenvalue weighted by atomic mass is 16.5. The van der Waals surface area contributed by atoms with Gasteiger partial charge >= 0.3 is 0 Å². The van der Waals surface area contributed by atoms with Gasteiger partial charge in [-0.15, -0.1) is 0 Å². The number of nitrogens with two attached hydrogens (primary N) is 1. The first kappa shape index (κ1) is 12.7. The van der Waals surface area contributed by atoms with E-state index in [1.165, 1.54) is 0 Å². The third-order valence-electron chi connectivity index (χ3n) is 3.03. The van der Waals surface area contributed by atoms with Gasteiger partial charge in [0.15, 0.2) is 0 Å². The monoisotopic (exact) mass is 247 g/mol. The van der Waals surface area contributed by atoms with Crippen molar-refractivity contribution in [1.82, 2.24) is 0 Å². The molecule has 0 saturated carbocycles. The first-order valence-corrected chi connectivity index (χ1v) is 5.73. The van der Waals surface area contributed by atoms with Crippen LogP contribution in [0.3, 0.4) is 0 Å². The van der Waals surface area contributed by atoms with Gasteiger partial charge in [0.1, 0.15) is 11.5 Å². The van der Waals surface area contributed by atoms with Crippen LogP contribution in [0, 0.1) is 0 Å². The molecule has 2 aromatic rings. The fourth-order valence-electron chi connectivity index (χ4n) is 2.13. The Morgan fingerprint density at radius 1 is 1.11 bits per heavy atom. The molecule has 4 heteroatoms. The fourth-order valence-corrected chi connectivity index (χ4v) is 2.13. The Morgan fingerprint density at radius 3 is 2.44 bits per heavy atom. The van der Waals surface area contributed by atoms with E-state index >= 15 is 0 Å². The van der Waals surface area contributed by atoms with Crippen molar-refractivity contribution >= 4 is 10.8 Å². The van der Waals surface area contributed by atoms with E-state index in [2.05, 4.69) is 0 Å². The third-order valence-corrected chi connectivity index (χ3v) is 3.03. The normalized spacial score (nSPS) is 12.4. The number of ether oxygens (including phenoxy) is 2. The summed E-state index contributed by atoms with van der Waals surface area (Å²) in [7, 11) is 3.24. The van der Waals surface area contributed by atoms with Gasteiger partial charge in [0, 0.05) is 10.8 Å². The summed E-state index contributed by atoms with van der Waals surface area (Å²) < 4.78 is 10.7. The first-order chi connectivity index (χ1) is 8.72. The topological polar surface area (TPSA) is 64.7 Å². The lowest BCUT2D eigenvalue weighted by Crippen LogP contribution is -2.15. The smallest absolute Gasteiger partial charge is 0.127 e. The van der Waals surface area contributed by atoms with Crippen LogP contribution >= 0.6 is 0 Å². The summed E-state index contributed by atoms with van der Waals surface area (Å²) in [5.74, 6) is 1.49. The highest BCUT2D eigenvalue weighted by molar-refractivity contribution is 5.96. The lowest BCUT2D eigenvalue weighted by Gasteiger charge is -2.16. The Balaban J connectivity index is 2.80. The van der Waals surface area contributed by atoms with Crippen LogP contribution in [-0.4, -0.2) is 25.9 Å². The van der Waals surface area contributed by atoms with Crippen LogP contribution in [0.2, 0.25) is 0 Å². The van der Waals surface area contributed by atoms with Crippen LogP contribution in [0.1, 0.15) is 11.6 Å². The van der Waals surface area contributed by atoms with Crippen LogP contribution in [0.15, 0.2) is 30.3 Å². The average Bonchev–Trinajstić information content (AvgIpc) is 2.44. The molecule has 0 radical (unpaired) electrons. The summed E-state index contributed by atoms with van der Waals surface area (Å²) in [4.78, 5) is 0. The van der Waals surface area contributed by atoms with Crippen molar-refractivity contribution < 1.29 is 14.6 Å². The van der Waals surface area contributed by atoms with Crippen molar-refractivity contribution in [3.63, 3.8) is 0 Å². The summed E-state index contributed by atoms with van der Waals surface area (Å²) >= 11 is 0. The molecule has 2 aromatic carbocycles. The van der Waals surface area contributed by atoms with E-state index in [-0.39, 0.29) is 6.61 Å². The van der Waals surface area contributed by atoms with Gasteiger partial charge in [0.25, 0.3) is 0 Å². The summed E-state index contributed by atoms with van der Waals surface area (Å²) in [5, 5.41) is 11.1. The molecule has 18 heavy (non-hydrogen) atoms. The largest absolute Gasteiger partial charge is 0.496 e. The maximum atomic E-state index is 9.24. The van der Waals surface area contributed by atoms with Gasteiger partial charge in [-0.3, -0.25) is 0 Å². The van der Waals surface area contributed by atoms with Crippen molar-refractivity contribution in [3.05, 3.63) is 35.9 Å². The summed E-state index contributed by atoms with van der Waals surface area (Å²) in [6.07, 6.45) is 0. The van der Waals surface area contributed by atoms with E-state index < -0.39 is 6.04 Å². The van der Waals surface area contributed by atoms with E-state index in [0.717, 1.165) is 27.8 Å². The average molecular weight is 247 g/mol. The zero-order valence-electron chi connectivity index (χ0n) is 10.5. The molecular formula is C14H17NO3. The standard InChI is InChI=1S/C14H17NO3/c1-17-12-7-6-9(11(15)8-16)14-10(12)4-3-5-13(14)18-2/h3-7,11,16H,8,15H2,1-2H3/t11-/m1/s1. The maximum absolute atomic E-state index is 9.24. The van der Waals surface area contributed by atoms with E-state index in [1.807, 2.05) is 30.3 Å². The van der Waals surface area contributed by atoms with Crippen molar-refractivity contribution in [2.75, 3.05) is 20.8 Å². The quantitative estimate of drug-likeness (QED) is 0.865. The molecule has 0 spiro atoms. The predicted molar refractivity (Wildman–Crippen MR) is 71.1 cm³/mol. The van der Waals surface area contributed by atoms with Gasteiger partial charge < -0.3 is 20.3 Å². The Kier molecular flexibility index (Phi) is 3.69. The lowest BCUT2D eigenvalue weighted by atomic mass is 9.98. The molecule has 4 nitrogen and oxygen atoms in total. The Labute approximate surface area is 106 Å². The van der Waals surface area contributed by atoms with Crippen molar-refractivity contribution in [2.45, 2.75) is 6.04 Å². The molecule has 0 aliphatic carbocycles. The molecule has 96 valence electrons. The molecular weight excluding hydrogens is 230 g/mol. The van der Waals surface area contributed by atoms with E-state index in [0.29, 0.717) is 0 Å². The number of benzene rings is 2. The molecule has 0 amide bonds. The Morgan fingerprint density at radius 2 is 1.83 bits per heavy atom. The molecule has 0 unspecified atom stereocenters. The molecule has 1 atom stereocenters. The molecule has 0 aromatic heterocycles. The van der Waals surface area contributed by atoms with Gasteiger partial charge in [0.2, 0.25) is 0 Å². The number of hydrogen-bond acceptors (Lipinski definition) is 4. The van der Waals surface area contributed by atoms with Gasteiger partial charge in [-0.25, -0.2) is 0 Å². The highest BCUT2D eigenvalue weighted by Gasteiger charge is 2.15. The van der Waals surface area contributed by atoms with Gasteiger partial charge in [-0.1, -0.05) is 18.2 Å². The molecule has 0 heterocycles. The summed E-state index contributed by atoms with van der Waals surface area (Å²) in [6, 6.07) is 9.00. The number of fused-ring (bicyclic) bond motifs is 1. The molecule has 3 N–H and O–H groups in total. The molecule has 0 aliphatic heterocycles. The van der Waals surface area contributed by atoms with Crippen LogP contribution in [-0.2, 0) is 0 Å². The van der Waals surface area contributed by atoms with Crippen molar-refractivity contribution in [1.29, 1.82) is 0 Å². The number of aliphatic hydroxyl groups excluding tert-OH is 1. The van der Waals surface area contributed by atoms with E-state index in [1.54, 1.807) is 14.2 Å². The molecule has 0 bridgehead atoms. The Hall–Kier alpha value is -1.78. The van der Waals surface area contributed by atoms with Gasteiger partial charge in [-0.05, 0) is 17.7 Å². The zero-order valence-corrected chi connectivity index (χ0v) is 10.5. The number of methoxy groups -OCH3 is 2. The zero-order chi connectivity index (χ0) is 13.1. The molecule has 0 fully saturated rings. The second-order valence-corrected chi connectivity index (χ2v) is 4.03. The summed E-state index contributed by atoms with van der Waals surface area (Å²) in [6.45, 7) is -0.112. The minimum Gasteiger partial charge on any atom is -0.496 e. The molecule has 2 rings (SSSR count). The van der Waals surface area contributed by atoms with Crippen molar-refractivity contribution in [2.24, 2.45) is 5.73 Å². The Bertz CT molecular complexity index is 554. The van der Waals surface area contributed by atoms with E-state index in [9.17, 15) is 5.11 Å². The number of aliphatic hydroxyl groups is 1. The second kappa shape index (κ2) is 5.25. The number of rotatable bonds is 4. The predicted octanol–water partition coefficient (Wildman–Crippen LogP) is 1.85. The minimum atomic E-state index is -0.435. The van der Waals surface area contributed by atoms with Crippen LogP contribution in [0.5, 0.6) is 11.5 Å². The van der Waals surface area contributed by atoms with E-state index in [4.69, 9.17) is 15.2 Å². The van der Waals surface area contributed by atoms with Gasteiger partial charge in [0.05, 0.1) is 26.9 Å². The fraction of sp³-hybridized carbons (Fsp3) is 0.286. The van der Waals surface area contributed by atoms with Crippen LogP contribution in [0.25, 0.3) is 10.8 Å². The molecule has 0 saturated heterocycles. The number of hydrogen-bond donors (Lipinski definition) is 2. The second-order valence-electron chi connectivity index (χ2n) is 4.03. The van der Waals surface area contributed by atoms with Gasteiger partial charge in [-0.2, -0.15) is 0 Å². The first-order valence-electron chi connectivity index (χ1n) is 5.73. The van der Waals surface area contributed by atoms with Crippen LogP contribution in [0.4, 0.5) is 0 Å². The van der Waals surface area contributed by atoms with Crippen molar-refractivity contribution in [3.8, 4) is 11.5 Å². The molecule has 0 aliphatic rings. The summed E-state index contributed by atoms with van der Waals surface area (Å²) in [5.41, 5.74) is 6.78. The minimum absolute atomic E-state index is 0.112. The highest BCUT2D eigenvalue weighted by Crippen LogP contribution is 2.36. The lowest BCUT2D eigenvalue weighted by molar-refractivity contribution is 0.268. The maximum Gasteiger partial charge on any atom is 0.127 e.